The van der Waals surface area contributed by atoms with Crippen molar-refractivity contribution in [2.45, 2.75) is 70.4 Å². The van der Waals surface area contributed by atoms with Crippen molar-refractivity contribution in [3.63, 3.8) is 0 Å². The summed E-state index contributed by atoms with van der Waals surface area (Å²) >= 11 is 0. The van der Waals surface area contributed by atoms with Gasteiger partial charge in [0.1, 0.15) is 0 Å². The third kappa shape index (κ3) is 7.13. The molecule has 3 fully saturated rings. The minimum Gasteiger partial charge on any atom is -0.383 e. The molecule has 7 nitrogen and oxygen atoms in total. The number of alkyl halides is 2. The highest BCUT2D eigenvalue weighted by molar-refractivity contribution is 5.96. The van der Waals surface area contributed by atoms with Gasteiger partial charge in [0.15, 0.2) is 5.78 Å². The molecule has 3 aliphatic rings. The summed E-state index contributed by atoms with van der Waals surface area (Å²) in [4.78, 5) is 34.0. The molecule has 2 amide bonds. The summed E-state index contributed by atoms with van der Waals surface area (Å²) in [5.74, 6) is -2.08. The van der Waals surface area contributed by atoms with Gasteiger partial charge in [-0.05, 0) is 38.6 Å². The fraction of sp³-hybridized carbons (Fsp3) is 0.840. The topological polar surface area (TPSA) is 59.1 Å². The Morgan fingerprint density at radius 1 is 1.18 bits per heavy atom. The molecule has 0 bridgehead atoms. The SMILES string of the molecule is CCCN1C[C@@H](NC(=O)N(CC)CCN2CCC(F)(F)CC2)C[C@@H]2CC(=O)C(=CN(C)C)C[C@H]21. The number of urea groups is 1. The second-order valence-electron chi connectivity index (χ2n) is 10.4. The van der Waals surface area contributed by atoms with Crippen molar-refractivity contribution in [2.75, 3.05) is 59.9 Å². The number of likely N-dealkylation sites (N-methyl/N-ethyl adjacent to an activating group) is 1. The number of ketones is 1. The molecule has 9 heteroatoms. The first kappa shape index (κ1) is 26.9. The largest absolute Gasteiger partial charge is 0.383 e. The smallest absolute Gasteiger partial charge is 0.317 e. The lowest BCUT2D eigenvalue weighted by Crippen LogP contribution is -2.59. The van der Waals surface area contributed by atoms with Gasteiger partial charge < -0.3 is 20.0 Å². The number of carbonyl (C=O) groups is 2. The first-order valence-electron chi connectivity index (χ1n) is 12.9. The van der Waals surface area contributed by atoms with Crippen LogP contribution in [0.4, 0.5) is 13.6 Å². The number of halogens is 2. The molecule has 0 aromatic rings. The molecule has 1 saturated carbocycles. The molecule has 0 aromatic carbocycles. The van der Waals surface area contributed by atoms with Gasteiger partial charge in [-0.3, -0.25) is 9.69 Å². The molecule has 1 N–H and O–H groups in total. The Hall–Kier alpha value is -1.74. The monoisotopic (exact) mass is 483 g/mol. The Morgan fingerprint density at radius 2 is 1.88 bits per heavy atom. The summed E-state index contributed by atoms with van der Waals surface area (Å²) in [6.45, 7) is 8.33. The van der Waals surface area contributed by atoms with Crippen molar-refractivity contribution in [1.82, 2.24) is 24.9 Å². The van der Waals surface area contributed by atoms with Crippen LogP contribution in [-0.4, -0.2) is 109 Å². The maximum atomic E-state index is 13.4. The molecule has 3 atom stereocenters. The molecule has 0 unspecified atom stereocenters. The van der Waals surface area contributed by atoms with Gasteiger partial charge in [-0.25, -0.2) is 13.6 Å². The van der Waals surface area contributed by atoms with E-state index in [0.717, 1.165) is 37.9 Å². The zero-order chi connectivity index (χ0) is 24.9. The number of hydrogen-bond acceptors (Lipinski definition) is 5. The van der Waals surface area contributed by atoms with Crippen LogP contribution in [0.15, 0.2) is 11.8 Å². The average molecular weight is 484 g/mol. The maximum Gasteiger partial charge on any atom is 0.317 e. The van der Waals surface area contributed by atoms with Gasteiger partial charge in [-0.15, -0.1) is 0 Å². The van der Waals surface area contributed by atoms with E-state index in [1.165, 1.54) is 0 Å². The number of piperidine rings is 2. The van der Waals surface area contributed by atoms with Crippen LogP contribution in [0.3, 0.4) is 0 Å². The van der Waals surface area contributed by atoms with Gasteiger partial charge in [-0.2, -0.15) is 0 Å². The number of amides is 2. The fourth-order valence-electron chi connectivity index (χ4n) is 5.66. The maximum absolute atomic E-state index is 13.4. The normalized spacial score (nSPS) is 29.1. The van der Waals surface area contributed by atoms with Crippen molar-refractivity contribution >= 4 is 11.8 Å². The standard InChI is InChI=1S/C25H43F2N5O2/c1-5-9-32-18-21(14-19-16-23(33)20(15-22(19)32)17-29(3)4)28-24(34)31(6-2)13-12-30-10-7-25(26,27)8-11-30/h17,19,21-22H,5-16,18H2,1-4H3,(H,28,34)/t19-,21+,22-/m1/s1. The number of Topliss-reactive ketones (excluding diaryl/α,β-unsaturated/α-hetero) is 1. The predicted octanol–water partition coefficient (Wildman–Crippen LogP) is 3.03. The number of hydrogen-bond donors (Lipinski definition) is 1. The predicted molar refractivity (Wildman–Crippen MR) is 130 cm³/mol. The van der Waals surface area contributed by atoms with Crippen molar-refractivity contribution in [3.8, 4) is 0 Å². The van der Waals surface area contributed by atoms with E-state index in [-0.39, 0.29) is 36.6 Å². The Kier molecular flexibility index (Phi) is 9.32. The van der Waals surface area contributed by atoms with Gasteiger partial charge in [0.05, 0.1) is 0 Å². The quantitative estimate of drug-likeness (QED) is 0.538. The average Bonchev–Trinajstić information content (AvgIpc) is 2.76. The number of carbonyl (C=O) groups excluding carboxylic acids is 2. The third-order valence-electron chi connectivity index (χ3n) is 7.49. The first-order valence-corrected chi connectivity index (χ1v) is 12.9. The van der Waals surface area contributed by atoms with Crippen LogP contribution in [0, 0.1) is 5.92 Å². The molecule has 0 radical (unpaired) electrons. The van der Waals surface area contributed by atoms with E-state index in [2.05, 4.69) is 17.1 Å². The lowest BCUT2D eigenvalue weighted by atomic mass is 9.74. The number of fused-ring (bicyclic) bond motifs is 1. The Morgan fingerprint density at radius 3 is 2.50 bits per heavy atom. The first-order chi connectivity index (χ1) is 16.1. The van der Waals surface area contributed by atoms with Crippen molar-refractivity contribution in [3.05, 3.63) is 11.8 Å². The molecule has 194 valence electrons. The van der Waals surface area contributed by atoms with Gasteiger partial charge in [0.2, 0.25) is 0 Å². The molecule has 2 aliphatic heterocycles. The number of nitrogens with one attached hydrogen (secondary N) is 1. The van der Waals surface area contributed by atoms with Crippen molar-refractivity contribution in [1.29, 1.82) is 0 Å². The van der Waals surface area contributed by atoms with Gasteiger partial charge >= 0.3 is 6.03 Å². The molecule has 0 aromatic heterocycles. The highest BCUT2D eigenvalue weighted by Gasteiger charge is 2.42. The molecule has 2 heterocycles. The van der Waals surface area contributed by atoms with Crippen LogP contribution in [-0.2, 0) is 4.79 Å². The van der Waals surface area contributed by atoms with Crippen LogP contribution in [0.5, 0.6) is 0 Å². The number of likely N-dealkylation sites (tertiary alicyclic amines) is 2. The van der Waals surface area contributed by atoms with E-state index in [1.807, 2.05) is 37.0 Å². The van der Waals surface area contributed by atoms with E-state index >= 15 is 0 Å². The molecule has 34 heavy (non-hydrogen) atoms. The second-order valence-corrected chi connectivity index (χ2v) is 10.4. The highest BCUT2D eigenvalue weighted by Crippen LogP contribution is 2.36. The van der Waals surface area contributed by atoms with E-state index in [0.29, 0.717) is 45.2 Å². The van der Waals surface area contributed by atoms with Gasteiger partial charge in [-0.1, -0.05) is 6.92 Å². The van der Waals surface area contributed by atoms with Crippen LogP contribution < -0.4 is 5.32 Å². The van der Waals surface area contributed by atoms with E-state index in [1.54, 1.807) is 4.90 Å². The lowest BCUT2D eigenvalue weighted by molar-refractivity contribution is -0.119. The second kappa shape index (κ2) is 11.8. The number of nitrogens with zero attached hydrogens (tertiary/aromatic N) is 4. The zero-order valence-electron chi connectivity index (χ0n) is 21.4. The van der Waals surface area contributed by atoms with E-state index < -0.39 is 5.92 Å². The van der Waals surface area contributed by atoms with Crippen LogP contribution >= 0.6 is 0 Å². The fourth-order valence-corrected chi connectivity index (χ4v) is 5.66. The highest BCUT2D eigenvalue weighted by atomic mass is 19.3. The van der Waals surface area contributed by atoms with E-state index in [9.17, 15) is 18.4 Å². The van der Waals surface area contributed by atoms with Gasteiger partial charge in [0.25, 0.3) is 5.92 Å². The van der Waals surface area contributed by atoms with Crippen LogP contribution in [0.1, 0.15) is 52.4 Å². The third-order valence-corrected chi connectivity index (χ3v) is 7.49. The summed E-state index contributed by atoms with van der Waals surface area (Å²) in [7, 11) is 3.89. The summed E-state index contributed by atoms with van der Waals surface area (Å²) in [6, 6.07) is 0.256. The molecular weight excluding hydrogens is 440 g/mol. The number of rotatable bonds is 8. The van der Waals surface area contributed by atoms with E-state index in [4.69, 9.17) is 0 Å². The Balaban J connectivity index is 1.56. The van der Waals surface area contributed by atoms with Crippen molar-refractivity contribution in [2.24, 2.45) is 5.92 Å². The summed E-state index contributed by atoms with van der Waals surface area (Å²) in [6.07, 6.45) is 4.91. The molecule has 3 rings (SSSR count). The summed E-state index contributed by atoms with van der Waals surface area (Å²) < 4.78 is 26.8. The Bertz CT molecular complexity index is 735. The molecular formula is C25H43F2N5O2. The Labute approximate surface area is 203 Å². The lowest BCUT2D eigenvalue weighted by Gasteiger charge is -2.47. The van der Waals surface area contributed by atoms with Gasteiger partial charge in [0, 0.05) is 96.5 Å². The van der Waals surface area contributed by atoms with Crippen LogP contribution in [0.2, 0.25) is 0 Å². The summed E-state index contributed by atoms with van der Waals surface area (Å²) in [5, 5.41) is 3.22. The molecule has 0 spiro atoms. The minimum atomic E-state index is -2.55. The van der Waals surface area contributed by atoms with Crippen molar-refractivity contribution < 1.29 is 18.4 Å². The zero-order valence-corrected chi connectivity index (χ0v) is 21.4. The summed E-state index contributed by atoms with van der Waals surface area (Å²) in [5.41, 5.74) is 0.905. The van der Waals surface area contributed by atoms with Crippen LogP contribution in [0.25, 0.3) is 0 Å². The minimum absolute atomic E-state index is 0.00945. The molecule has 2 saturated heterocycles. The molecule has 1 aliphatic carbocycles.